The lowest BCUT2D eigenvalue weighted by Crippen LogP contribution is -2.22. The number of nitrogens with zero attached hydrogens (tertiary/aromatic N) is 2. The van der Waals surface area contributed by atoms with Gasteiger partial charge in [0.1, 0.15) is 0 Å². The molecule has 25 heavy (non-hydrogen) atoms. The van der Waals surface area contributed by atoms with Gasteiger partial charge in [0.05, 0.1) is 26.1 Å². The van der Waals surface area contributed by atoms with E-state index in [1.165, 1.54) is 17.4 Å². The second-order valence-electron chi connectivity index (χ2n) is 5.12. The summed E-state index contributed by atoms with van der Waals surface area (Å²) >= 11 is 2.44. The predicted octanol–water partition coefficient (Wildman–Crippen LogP) is 4.83. The second-order valence-corrected chi connectivity index (χ2v) is 7.51. The zero-order valence-corrected chi connectivity index (χ0v) is 14.5. The van der Waals surface area contributed by atoms with Gasteiger partial charge in [0, 0.05) is 6.20 Å². The quantitative estimate of drug-likeness (QED) is 0.656. The van der Waals surface area contributed by atoms with Gasteiger partial charge in [0.25, 0.3) is 0 Å². The van der Waals surface area contributed by atoms with E-state index >= 15 is 0 Å². The van der Waals surface area contributed by atoms with Crippen LogP contribution >= 0.6 is 23.1 Å². The van der Waals surface area contributed by atoms with E-state index in [-0.39, 0.29) is 5.91 Å². The summed E-state index contributed by atoms with van der Waals surface area (Å²) in [6, 6.07) is 9.73. The number of carbonyl (C=O) groups is 1. The summed E-state index contributed by atoms with van der Waals surface area (Å²) in [5, 5.41) is 3.03. The fourth-order valence-electron chi connectivity index (χ4n) is 1.99. The molecule has 0 spiro atoms. The standard InChI is InChI=1S/C16H12F3N3OS2/c1-9(24-13-7-6-10(8-20-13)16(17,18)19)14(23)22-15-21-11-4-2-3-5-12(11)25-15/h2-9H,1H3,(H,21,22,23). The predicted molar refractivity (Wildman–Crippen MR) is 92.8 cm³/mol. The van der Waals surface area contributed by atoms with E-state index in [9.17, 15) is 18.0 Å². The Morgan fingerprint density at radius 2 is 2.00 bits per heavy atom. The van der Waals surface area contributed by atoms with Gasteiger partial charge >= 0.3 is 6.18 Å². The highest BCUT2D eigenvalue weighted by atomic mass is 32.2. The van der Waals surface area contributed by atoms with E-state index in [0.29, 0.717) is 10.2 Å². The van der Waals surface area contributed by atoms with E-state index in [2.05, 4.69) is 15.3 Å². The summed E-state index contributed by atoms with van der Waals surface area (Å²) in [6.07, 6.45) is -3.66. The lowest BCUT2D eigenvalue weighted by molar-refractivity contribution is -0.137. The van der Waals surface area contributed by atoms with Gasteiger partial charge in [0.15, 0.2) is 5.13 Å². The maximum absolute atomic E-state index is 12.5. The number of hydrogen-bond donors (Lipinski definition) is 1. The maximum atomic E-state index is 12.5. The maximum Gasteiger partial charge on any atom is 0.417 e. The third-order valence-electron chi connectivity index (χ3n) is 3.25. The number of para-hydroxylation sites is 1. The normalized spacial score (nSPS) is 13.0. The van der Waals surface area contributed by atoms with Crippen LogP contribution in [0.5, 0.6) is 0 Å². The van der Waals surface area contributed by atoms with Crippen LogP contribution in [0.15, 0.2) is 47.6 Å². The molecular formula is C16H12F3N3OS2. The van der Waals surface area contributed by atoms with Crippen LogP contribution in [0, 0.1) is 0 Å². The van der Waals surface area contributed by atoms with Crippen molar-refractivity contribution >= 4 is 44.4 Å². The van der Waals surface area contributed by atoms with Gasteiger partial charge in [-0.1, -0.05) is 35.2 Å². The molecular weight excluding hydrogens is 371 g/mol. The SMILES string of the molecule is CC(Sc1ccc(C(F)(F)F)cn1)C(=O)Nc1nc2ccccc2s1. The number of hydrogen-bond acceptors (Lipinski definition) is 5. The molecule has 1 N–H and O–H groups in total. The lowest BCUT2D eigenvalue weighted by atomic mass is 10.3. The third-order valence-corrected chi connectivity index (χ3v) is 5.26. The van der Waals surface area contributed by atoms with Gasteiger partial charge in [-0.3, -0.25) is 4.79 Å². The fraction of sp³-hybridized carbons (Fsp3) is 0.188. The van der Waals surface area contributed by atoms with Gasteiger partial charge in [-0.2, -0.15) is 13.2 Å². The highest BCUT2D eigenvalue weighted by molar-refractivity contribution is 8.00. The molecule has 0 radical (unpaired) electrons. The zero-order valence-electron chi connectivity index (χ0n) is 12.9. The number of amides is 1. The molecule has 2 heterocycles. The minimum Gasteiger partial charge on any atom is -0.301 e. The van der Waals surface area contributed by atoms with Crippen LogP contribution in [0.2, 0.25) is 0 Å². The summed E-state index contributed by atoms with van der Waals surface area (Å²) < 4.78 is 38.5. The van der Waals surface area contributed by atoms with Crippen LogP contribution in [0.1, 0.15) is 12.5 Å². The molecule has 130 valence electrons. The van der Waals surface area contributed by atoms with Gasteiger partial charge in [-0.25, -0.2) is 9.97 Å². The molecule has 3 aromatic rings. The molecule has 3 rings (SSSR count). The Bertz CT molecular complexity index is 861. The lowest BCUT2D eigenvalue weighted by Gasteiger charge is -2.11. The van der Waals surface area contributed by atoms with E-state index in [1.807, 2.05) is 24.3 Å². The number of thiazole rings is 1. The number of aromatic nitrogens is 2. The Balaban J connectivity index is 1.64. The number of carbonyl (C=O) groups excluding carboxylic acids is 1. The molecule has 9 heteroatoms. The van der Waals surface area contributed by atoms with Crippen molar-refractivity contribution in [3.63, 3.8) is 0 Å². The number of halogens is 3. The molecule has 0 aliphatic heterocycles. The smallest absolute Gasteiger partial charge is 0.301 e. The number of fused-ring (bicyclic) bond motifs is 1. The molecule has 0 bridgehead atoms. The van der Waals surface area contributed by atoms with E-state index in [0.717, 1.165) is 34.2 Å². The van der Waals surface area contributed by atoms with E-state index in [4.69, 9.17) is 0 Å². The average Bonchev–Trinajstić information content (AvgIpc) is 2.96. The molecule has 0 aliphatic carbocycles. The molecule has 0 aliphatic rings. The Morgan fingerprint density at radius 3 is 2.64 bits per heavy atom. The number of anilines is 1. The zero-order chi connectivity index (χ0) is 18.0. The van der Waals surface area contributed by atoms with Crippen LogP contribution in [0.25, 0.3) is 10.2 Å². The second kappa shape index (κ2) is 7.01. The van der Waals surface area contributed by atoms with Crippen LogP contribution in [-0.4, -0.2) is 21.1 Å². The van der Waals surface area contributed by atoms with E-state index < -0.39 is 17.0 Å². The van der Waals surface area contributed by atoms with E-state index in [1.54, 1.807) is 6.92 Å². The molecule has 1 amide bonds. The molecule has 2 aromatic heterocycles. The molecule has 0 saturated carbocycles. The fourth-order valence-corrected chi connectivity index (χ4v) is 3.64. The molecule has 1 unspecified atom stereocenters. The molecule has 0 saturated heterocycles. The monoisotopic (exact) mass is 383 g/mol. The molecule has 4 nitrogen and oxygen atoms in total. The molecule has 1 atom stereocenters. The minimum atomic E-state index is -4.42. The van der Waals surface area contributed by atoms with Gasteiger partial charge in [-0.15, -0.1) is 0 Å². The van der Waals surface area contributed by atoms with Crippen molar-refractivity contribution < 1.29 is 18.0 Å². The van der Waals surface area contributed by atoms with Crippen molar-refractivity contribution in [1.29, 1.82) is 0 Å². The molecule has 1 aromatic carbocycles. The summed E-state index contributed by atoms with van der Waals surface area (Å²) in [7, 11) is 0. The minimum absolute atomic E-state index is 0.286. The molecule has 0 fully saturated rings. The van der Waals surface area contributed by atoms with Crippen molar-refractivity contribution in [3.8, 4) is 0 Å². The Hall–Kier alpha value is -2.13. The summed E-state index contributed by atoms with van der Waals surface area (Å²) in [5.41, 5.74) is -0.0176. The Morgan fingerprint density at radius 1 is 1.24 bits per heavy atom. The Kier molecular flexibility index (Phi) is 4.96. The number of rotatable bonds is 4. The number of pyridine rings is 1. The first kappa shape index (κ1) is 17.7. The first-order chi connectivity index (χ1) is 11.8. The number of alkyl halides is 3. The highest BCUT2D eigenvalue weighted by Crippen LogP contribution is 2.31. The van der Waals surface area contributed by atoms with Crippen molar-refractivity contribution in [1.82, 2.24) is 9.97 Å². The third kappa shape index (κ3) is 4.29. The number of benzene rings is 1. The van der Waals surface area contributed by atoms with Gasteiger partial charge < -0.3 is 5.32 Å². The summed E-state index contributed by atoms with van der Waals surface area (Å²) in [5.74, 6) is -0.286. The highest BCUT2D eigenvalue weighted by Gasteiger charge is 2.30. The van der Waals surface area contributed by atoms with Gasteiger partial charge in [0.2, 0.25) is 5.91 Å². The average molecular weight is 383 g/mol. The van der Waals surface area contributed by atoms with Crippen LogP contribution in [0.3, 0.4) is 0 Å². The van der Waals surface area contributed by atoms with Crippen molar-refractivity contribution in [2.75, 3.05) is 5.32 Å². The first-order valence-electron chi connectivity index (χ1n) is 7.19. The topological polar surface area (TPSA) is 54.9 Å². The van der Waals surface area contributed by atoms with Gasteiger partial charge in [-0.05, 0) is 31.2 Å². The Labute approximate surface area is 149 Å². The first-order valence-corrected chi connectivity index (χ1v) is 8.89. The van der Waals surface area contributed by atoms with Crippen LogP contribution < -0.4 is 5.32 Å². The number of thioether (sulfide) groups is 1. The van der Waals surface area contributed by atoms with Crippen LogP contribution in [0.4, 0.5) is 18.3 Å². The summed E-state index contributed by atoms with van der Waals surface area (Å²) in [4.78, 5) is 20.3. The largest absolute Gasteiger partial charge is 0.417 e. The summed E-state index contributed by atoms with van der Waals surface area (Å²) in [6.45, 7) is 1.66. The van der Waals surface area contributed by atoms with Crippen molar-refractivity contribution in [3.05, 3.63) is 48.2 Å². The van der Waals surface area contributed by atoms with Crippen LogP contribution in [-0.2, 0) is 11.0 Å². The van der Waals surface area contributed by atoms with Crippen molar-refractivity contribution in [2.24, 2.45) is 0 Å². The number of nitrogens with one attached hydrogen (secondary N) is 1. The van der Waals surface area contributed by atoms with Crippen molar-refractivity contribution in [2.45, 2.75) is 23.4 Å².